The number of likely N-dealkylation sites (tertiary alicyclic amines) is 1. The largest absolute Gasteiger partial charge is 0.494 e. The predicted octanol–water partition coefficient (Wildman–Crippen LogP) is 4.84. The van der Waals surface area contributed by atoms with E-state index in [1.807, 2.05) is 0 Å². The molecule has 0 saturated carbocycles. The van der Waals surface area contributed by atoms with E-state index in [2.05, 4.69) is 58.5 Å². The zero-order chi connectivity index (χ0) is 21.2. The highest BCUT2D eigenvalue weighted by Gasteiger charge is 2.25. The van der Waals surface area contributed by atoms with Crippen LogP contribution in [0.1, 0.15) is 61.2 Å². The first kappa shape index (κ1) is 21.1. The lowest BCUT2D eigenvalue weighted by Gasteiger charge is -2.35. The van der Waals surface area contributed by atoms with E-state index in [9.17, 15) is 0 Å². The number of aromatic nitrogens is 1. The Morgan fingerprint density at radius 3 is 2.74 bits per heavy atom. The molecule has 5 rings (SSSR count). The maximum absolute atomic E-state index is 6.17. The first-order chi connectivity index (χ1) is 15.2. The molecule has 2 aliphatic heterocycles. The highest BCUT2D eigenvalue weighted by atomic mass is 16.5. The Morgan fingerprint density at radius 1 is 1.00 bits per heavy atom. The summed E-state index contributed by atoms with van der Waals surface area (Å²) in [6, 6.07) is 11.9. The molecule has 0 amide bonds. The van der Waals surface area contributed by atoms with Crippen molar-refractivity contribution in [1.29, 1.82) is 0 Å². The normalized spacial score (nSPS) is 24.2. The van der Waals surface area contributed by atoms with Gasteiger partial charge in [0.15, 0.2) is 0 Å². The molecule has 0 N–H and O–H groups in total. The van der Waals surface area contributed by atoms with Crippen LogP contribution < -0.4 is 4.74 Å². The molecule has 3 aliphatic rings. The fourth-order valence-electron chi connectivity index (χ4n) is 6.01. The van der Waals surface area contributed by atoms with Gasteiger partial charge in [-0.25, -0.2) is 0 Å². The summed E-state index contributed by atoms with van der Waals surface area (Å²) in [5.74, 6) is 1.90. The highest BCUT2D eigenvalue weighted by Crippen LogP contribution is 2.30. The lowest BCUT2D eigenvalue weighted by atomic mass is 9.83. The molecule has 1 aromatic carbocycles. The maximum Gasteiger partial charge on any atom is 0.119 e. The van der Waals surface area contributed by atoms with Gasteiger partial charge in [0.05, 0.1) is 6.61 Å². The van der Waals surface area contributed by atoms with Gasteiger partial charge in [0.1, 0.15) is 5.75 Å². The van der Waals surface area contributed by atoms with Crippen molar-refractivity contribution in [1.82, 2.24) is 14.4 Å². The lowest BCUT2D eigenvalue weighted by molar-refractivity contribution is 0.155. The zero-order valence-electron chi connectivity index (χ0n) is 19.5. The number of aryl methyl sites for hydroxylation is 2. The van der Waals surface area contributed by atoms with E-state index < -0.39 is 0 Å². The first-order valence-electron chi connectivity index (χ1n) is 12.5. The van der Waals surface area contributed by atoms with E-state index in [0.29, 0.717) is 6.04 Å². The van der Waals surface area contributed by atoms with Gasteiger partial charge in [-0.05, 0) is 107 Å². The first-order valence-corrected chi connectivity index (χ1v) is 12.5. The predicted molar refractivity (Wildman–Crippen MR) is 127 cm³/mol. The van der Waals surface area contributed by atoms with E-state index in [1.54, 1.807) is 5.56 Å². The SMILES string of the molecule is Cc1ccc2n1CCN(CCCOc1ccc3c(c1)CCC(CN1CCCC1)C3)C2C. The average Bonchev–Trinajstić information content (AvgIpc) is 3.43. The molecule has 1 aromatic heterocycles. The topological polar surface area (TPSA) is 20.6 Å². The molecular formula is C27H39N3O. The Hall–Kier alpha value is -1.78. The Balaban J connectivity index is 1.08. The van der Waals surface area contributed by atoms with Crippen molar-refractivity contribution in [3.05, 3.63) is 52.8 Å². The Bertz CT molecular complexity index is 883. The standard InChI is InChI=1S/C27H39N3O/c1-21-6-11-27-22(2)29(15-16-30(21)27)14-5-17-31-26-10-9-24-18-23(7-8-25(24)19-26)20-28-12-3-4-13-28/h6,9-11,19,22-23H,3-5,7-8,12-18,20H2,1-2H3. The summed E-state index contributed by atoms with van der Waals surface area (Å²) < 4.78 is 8.64. The number of fused-ring (bicyclic) bond motifs is 2. The van der Waals surface area contributed by atoms with Gasteiger partial charge >= 0.3 is 0 Å². The van der Waals surface area contributed by atoms with Crippen LogP contribution >= 0.6 is 0 Å². The van der Waals surface area contributed by atoms with Crippen LogP contribution in [-0.2, 0) is 19.4 Å². The number of benzene rings is 1. The molecule has 0 spiro atoms. The molecule has 1 saturated heterocycles. The third-order valence-electron chi connectivity index (χ3n) is 7.90. The summed E-state index contributed by atoms with van der Waals surface area (Å²) in [4.78, 5) is 5.28. The van der Waals surface area contributed by atoms with Crippen LogP contribution in [0.15, 0.2) is 30.3 Å². The molecule has 168 valence electrons. The van der Waals surface area contributed by atoms with Gasteiger partial charge in [0, 0.05) is 43.6 Å². The van der Waals surface area contributed by atoms with E-state index in [-0.39, 0.29) is 0 Å². The van der Waals surface area contributed by atoms with Crippen molar-refractivity contribution < 1.29 is 4.74 Å². The molecule has 4 heteroatoms. The number of nitrogens with zero attached hydrogens (tertiary/aromatic N) is 3. The van der Waals surface area contributed by atoms with Crippen LogP contribution in [0.4, 0.5) is 0 Å². The van der Waals surface area contributed by atoms with Gasteiger partial charge in [0.25, 0.3) is 0 Å². The molecule has 3 heterocycles. The van der Waals surface area contributed by atoms with Gasteiger partial charge in [0.2, 0.25) is 0 Å². The smallest absolute Gasteiger partial charge is 0.119 e. The minimum absolute atomic E-state index is 0.500. The second-order valence-corrected chi connectivity index (χ2v) is 10.0. The van der Waals surface area contributed by atoms with Gasteiger partial charge in [-0.2, -0.15) is 0 Å². The number of rotatable bonds is 7. The Kier molecular flexibility index (Phi) is 6.38. The zero-order valence-corrected chi connectivity index (χ0v) is 19.5. The fourth-order valence-corrected chi connectivity index (χ4v) is 6.01. The summed E-state index contributed by atoms with van der Waals surface area (Å²) in [7, 11) is 0. The van der Waals surface area contributed by atoms with Crippen molar-refractivity contribution in [2.75, 3.05) is 39.3 Å². The average molecular weight is 422 g/mol. The van der Waals surface area contributed by atoms with Crippen LogP contribution in [0.2, 0.25) is 0 Å². The fraction of sp³-hybridized carbons (Fsp3) is 0.630. The maximum atomic E-state index is 6.17. The highest BCUT2D eigenvalue weighted by molar-refractivity contribution is 5.37. The van der Waals surface area contributed by atoms with E-state index in [4.69, 9.17) is 4.74 Å². The summed E-state index contributed by atoms with van der Waals surface area (Å²) in [5.41, 5.74) is 5.93. The number of hydrogen-bond donors (Lipinski definition) is 0. The van der Waals surface area contributed by atoms with Crippen LogP contribution in [-0.4, -0.2) is 53.7 Å². The van der Waals surface area contributed by atoms with Crippen LogP contribution in [0, 0.1) is 12.8 Å². The molecule has 1 fully saturated rings. The molecular weight excluding hydrogens is 382 g/mol. The van der Waals surface area contributed by atoms with Crippen molar-refractivity contribution in [2.45, 2.75) is 65.0 Å². The number of hydrogen-bond acceptors (Lipinski definition) is 3. The molecule has 0 bridgehead atoms. The molecule has 1 aliphatic carbocycles. The molecule has 2 atom stereocenters. The third-order valence-corrected chi connectivity index (χ3v) is 7.90. The van der Waals surface area contributed by atoms with Gasteiger partial charge < -0.3 is 14.2 Å². The Morgan fingerprint density at radius 2 is 1.87 bits per heavy atom. The lowest BCUT2D eigenvalue weighted by Crippen LogP contribution is -2.37. The van der Waals surface area contributed by atoms with Gasteiger partial charge in [-0.1, -0.05) is 6.07 Å². The summed E-state index contributed by atoms with van der Waals surface area (Å²) in [6.45, 7) is 12.7. The Labute approximate surface area is 188 Å². The second-order valence-electron chi connectivity index (χ2n) is 10.0. The van der Waals surface area contributed by atoms with Crippen LogP contribution in [0.25, 0.3) is 0 Å². The molecule has 4 nitrogen and oxygen atoms in total. The van der Waals surface area contributed by atoms with Crippen LogP contribution in [0.3, 0.4) is 0 Å². The van der Waals surface area contributed by atoms with Crippen molar-refractivity contribution in [3.63, 3.8) is 0 Å². The monoisotopic (exact) mass is 421 g/mol. The molecule has 2 unspecified atom stereocenters. The summed E-state index contributed by atoms with van der Waals surface area (Å²) >= 11 is 0. The summed E-state index contributed by atoms with van der Waals surface area (Å²) in [6.07, 6.45) is 7.68. The van der Waals surface area contributed by atoms with E-state index >= 15 is 0 Å². The number of ether oxygens (including phenoxy) is 1. The molecule has 31 heavy (non-hydrogen) atoms. The van der Waals surface area contributed by atoms with E-state index in [1.165, 1.54) is 68.7 Å². The molecule has 0 radical (unpaired) electrons. The second kappa shape index (κ2) is 9.38. The van der Waals surface area contributed by atoms with Crippen LogP contribution in [0.5, 0.6) is 5.75 Å². The van der Waals surface area contributed by atoms with Gasteiger partial charge in [-0.15, -0.1) is 0 Å². The third kappa shape index (κ3) is 4.70. The van der Waals surface area contributed by atoms with Crippen molar-refractivity contribution in [2.24, 2.45) is 5.92 Å². The quantitative estimate of drug-likeness (QED) is 0.597. The van der Waals surface area contributed by atoms with E-state index in [0.717, 1.165) is 44.3 Å². The van der Waals surface area contributed by atoms with Gasteiger partial charge in [-0.3, -0.25) is 4.90 Å². The summed E-state index contributed by atoms with van der Waals surface area (Å²) in [5, 5.41) is 0. The van der Waals surface area contributed by atoms with Crippen molar-refractivity contribution >= 4 is 0 Å². The van der Waals surface area contributed by atoms with Crippen molar-refractivity contribution in [3.8, 4) is 5.75 Å². The minimum atomic E-state index is 0.500. The molecule has 2 aromatic rings. The minimum Gasteiger partial charge on any atom is -0.494 e.